The largest absolute Gasteiger partial charge is 0.348 e. The van der Waals surface area contributed by atoms with Crippen molar-refractivity contribution in [2.24, 2.45) is 0 Å². The molecule has 1 aromatic carbocycles. The van der Waals surface area contributed by atoms with E-state index in [4.69, 9.17) is 32.7 Å². The fraction of sp³-hybridized carbons (Fsp3) is 0.471. The minimum absolute atomic E-state index is 0.142. The van der Waals surface area contributed by atoms with Crippen molar-refractivity contribution in [2.75, 3.05) is 0 Å². The molecule has 0 amide bonds. The first-order chi connectivity index (χ1) is 11.1. The van der Waals surface area contributed by atoms with Crippen molar-refractivity contribution in [3.05, 3.63) is 52.5 Å². The minimum atomic E-state index is -0.209. The minimum Gasteiger partial charge on any atom is -0.348 e. The summed E-state index contributed by atoms with van der Waals surface area (Å²) in [6.07, 6.45) is 8.36. The Morgan fingerprint density at radius 1 is 1.39 bits per heavy atom. The Morgan fingerprint density at radius 3 is 3.00 bits per heavy atom. The molecule has 3 rings (SSSR count). The van der Waals surface area contributed by atoms with Crippen molar-refractivity contribution < 1.29 is 9.47 Å². The molecule has 4 nitrogen and oxygen atoms in total. The van der Waals surface area contributed by atoms with E-state index >= 15 is 0 Å². The maximum Gasteiger partial charge on any atom is 0.158 e. The lowest BCUT2D eigenvalue weighted by molar-refractivity contribution is -0.215. The van der Waals surface area contributed by atoms with Crippen LogP contribution in [-0.2, 0) is 16.0 Å². The molecule has 0 bridgehead atoms. The molecule has 1 aliphatic rings. The van der Waals surface area contributed by atoms with E-state index in [0.29, 0.717) is 10.0 Å². The number of nitrogens with zero attached hydrogens (tertiary/aromatic N) is 2. The van der Waals surface area contributed by atoms with Crippen molar-refractivity contribution >= 4 is 23.2 Å². The molecule has 23 heavy (non-hydrogen) atoms. The van der Waals surface area contributed by atoms with Gasteiger partial charge in [0.05, 0.1) is 18.5 Å². The van der Waals surface area contributed by atoms with Crippen LogP contribution >= 0.6 is 23.2 Å². The van der Waals surface area contributed by atoms with Gasteiger partial charge in [-0.3, -0.25) is 0 Å². The van der Waals surface area contributed by atoms with Gasteiger partial charge in [-0.25, -0.2) is 4.98 Å². The van der Waals surface area contributed by atoms with Gasteiger partial charge in [0.25, 0.3) is 0 Å². The molecule has 2 aromatic rings. The van der Waals surface area contributed by atoms with Gasteiger partial charge in [0.15, 0.2) is 6.29 Å². The molecule has 0 saturated carbocycles. The van der Waals surface area contributed by atoms with Crippen molar-refractivity contribution in [3.63, 3.8) is 0 Å². The highest BCUT2D eigenvalue weighted by molar-refractivity contribution is 6.35. The summed E-state index contributed by atoms with van der Waals surface area (Å²) >= 11 is 12.2. The lowest BCUT2D eigenvalue weighted by atomic mass is 10.1. The molecule has 1 aromatic heterocycles. The molecule has 2 heterocycles. The third kappa shape index (κ3) is 4.48. The highest BCUT2D eigenvalue weighted by Crippen LogP contribution is 2.31. The van der Waals surface area contributed by atoms with Gasteiger partial charge < -0.3 is 14.0 Å². The van der Waals surface area contributed by atoms with Crippen molar-refractivity contribution in [1.29, 1.82) is 0 Å². The zero-order valence-corrected chi connectivity index (χ0v) is 14.5. The lowest BCUT2D eigenvalue weighted by Crippen LogP contribution is -2.33. The first-order valence-corrected chi connectivity index (χ1v) is 8.59. The zero-order valence-electron chi connectivity index (χ0n) is 13.0. The smallest absolute Gasteiger partial charge is 0.158 e. The summed E-state index contributed by atoms with van der Waals surface area (Å²) in [6.45, 7) is 2.79. The van der Waals surface area contributed by atoms with Crippen LogP contribution in [0.4, 0.5) is 0 Å². The van der Waals surface area contributed by atoms with E-state index in [9.17, 15) is 0 Å². The SMILES string of the molecule is CC(OC1CCCC(Cn2ccnc2)O1)c1ccc(Cl)cc1Cl. The third-order valence-electron chi connectivity index (χ3n) is 4.04. The molecule has 6 heteroatoms. The van der Waals surface area contributed by atoms with Crippen LogP contribution in [0.25, 0.3) is 0 Å². The predicted octanol–water partition coefficient (Wildman–Crippen LogP) is 4.86. The summed E-state index contributed by atoms with van der Waals surface area (Å²) in [5, 5.41) is 1.25. The molecule has 1 fully saturated rings. The monoisotopic (exact) mass is 354 g/mol. The van der Waals surface area contributed by atoms with E-state index in [-0.39, 0.29) is 18.5 Å². The van der Waals surface area contributed by atoms with Gasteiger partial charge in [0.2, 0.25) is 0 Å². The Hall–Kier alpha value is -1.07. The number of benzene rings is 1. The first-order valence-electron chi connectivity index (χ1n) is 7.83. The normalized spacial score (nSPS) is 22.9. The highest BCUT2D eigenvalue weighted by atomic mass is 35.5. The highest BCUT2D eigenvalue weighted by Gasteiger charge is 2.25. The molecule has 3 atom stereocenters. The first kappa shape index (κ1) is 16.8. The number of rotatable bonds is 5. The molecule has 1 saturated heterocycles. The number of imidazole rings is 1. The van der Waals surface area contributed by atoms with Crippen LogP contribution in [0.3, 0.4) is 0 Å². The van der Waals surface area contributed by atoms with E-state index in [1.54, 1.807) is 12.3 Å². The second kappa shape index (κ2) is 7.67. The Labute approximate surface area is 146 Å². The molecular formula is C17H20Cl2N2O2. The topological polar surface area (TPSA) is 36.3 Å². The summed E-state index contributed by atoms with van der Waals surface area (Å²) in [7, 11) is 0. The summed E-state index contributed by atoms with van der Waals surface area (Å²) < 4.78 is 14.2. The average molecular weight is 355 g/mol. The fourth-order valence-electron chi connectivity index (χ4n) is 2.86. The quantitative estimate of drug-likeness (QED) is 0.768. The maximum absolute atomic E-state index is 6.25. The number of ether oxygens (including phenoxy) is 2. The van der Waals surface area contributed by atoms with E-state index in [2.05, 4.69) is 4.98 Å². The summed E-state index contributed by atoms with van der Waals surface area (Å²) in [5.74, 6) is 0. The van der Waals surface area contributed by atoms with Gasteiger partial charge in [0.1, 0.15) is 0 Å². The second-order valence-corrected chi connectivity index (χ2v) is 6.67. The molecule has 0 radical (unpaired) electrons. The summed E-state index contributed by atoms with van der Waals surface area (Å²) in [4.78, 5) is 4.06. The van der Waals surface area contributed by atoms with Crippen LogP contribution in [0.1, 0.15) is 37.9 Å². The summed E-state index contributed by atoms with van der Waals surface area (Å²) in [6, 6.07) is 5.47. The van der Waals surface area contributed by atoms with Crippen molar-refractivity contribution in [3.8, 4) is 0 Å². The maximum atomic E-state index is 6.25. The zero-order chi connectivity index (χ0) is 16.2. The molecule has 0 N–H and O–H groups in total. The molecule has 124 valence electrons. The van der Waals surface area contributed by atoms with Gasteiger partial charge in [-0.15, -0.1) is 0 Å². The third-order valence-corrected chi connectivity index (χ3v) is 4.60. The van der Waals surface area contributed by atoms with E-state index in [1.807, 2.05) is 36.1 Å². The standard InChI is InChI=1S/C17H20Cl2N2O2/c1-12(15-6-5-13(18)9-16(15)19)22-17-4-2-3-14(23-17)10-21-8-7-20-11-21/h5-9,11-12,14,17H,2-4,10H2,1H3. The average Bonchev–Trinajstić information content (AvgIpc) is 3.00. The Morgan fingerprint density at radius 2 is 2.26 bits per heavy atom. The van der Waals surface area contributed by atoms with Gasteiger partial charge in [-0.05, 0) is 43.9 Å². The van der Waals surface area contributed by atoms with Gasteiger partial charge in [0, 0.05) is 29.0 Å². The molecule has 3 unspecified atom stereocenters. The lowest BCUT2D eigenvalue weighted by Gasteiger charge is -2.32. The van der Waals surface area contributed by atoms with Crippen LogP contribution in [0.2, 0.25) is 10.0 Å². The van der Waals surface area contributed by atoms with Crippen LogP contribution in [0.15, 0.2) is 36.9 Å². The fourth-order valence-corrected chi connectivity index (χ4v) is 3.42. The number of halogens is 2. The number of aromatic nitrogens is 2. The summed E-state index contributed by atoms with van der Waals surface area (Å²) in [5.41, 5.74) is 0.927. The molecular weight excluding hydrogens is 335 g/mol. The number of hydrogen-bond acceptors (Lipinski definition) is 3. The van der Waals surface area contributed by atoms with Crippen LogP contribution in [-0.4, -0.2) is 21.9 Å². The van der Waals surface area contributed by atoms with Gasteiger partial charge in [-0.1, -0.05) is 29.3 Å². The van der Waals surface area contributed by atoms with Crippen molar-refractivity contribution in [2.45, 2.75) is 51.2 Å². The van der Waals surface area contributed by atoms with Crippen LogP contribution in [0, 0.1) is 0 Å². The number of hydrogen-bond donors (Lipinski definition) is 0. The molecule has 0 spiro atoms. The van der Waals surface area contributed by atoms with Crippen LogP contribution < -0.4 is 0 Å². The Kier molecular flexibility index (Phi) is 5.59. The van der Waals surface area contributed by atoms with E-state index in [0.717, 1.165) is 31.4 Å². The Balaban J connectivity index is 1.58. The van der Waals surface area contributed by atoms with Gasteiger partial charge in [-0.2, -0.15) is 0 Å². The van der Waals surface area contributed by atoms with E-state index < -0.39 is 0 Å². The van der Waals surface area contributed by atoms with Crippen molar-refractivity contribution in [1.82, 2.24) is 9.55 Å². The molecule has 0 aliphatic carbocycles. The molecule has 1 aliphatic heterocycles. The second-order valence-electron chi connectivity index (χ2n) is 5.82. The van der Waals surface area contributed by atoms with Crippen LogP contribution in [0.5, 0.6) is 0 Å². The Bertz CT molecular complexity index is 634. The predicted molar refractivity (Wildman–Crippen MR) is 90.7 cm³/mol. The van der Waals surface area contributed by atoms with Gasteiger partial charge >= 0.3 is 0 Å². The van der Waals surface area contributed by atoms with E-state index in [1.165, 1.54) is 0 Å².